The highest BCUT2D eigenvalue weighted by atomic mass is 32.2. The molecule has 0 bridgehead atoms. The van der Waals surface area contributed by atoms with Crippen molar-refractivity contribution < 1.29 is 21.6 Å². The molecule has 2 rings (SSSR count). The van der Waals surface area contributed by atoms with Crippen LogP contribution in [0, 0.1) is 18.8 Å². The Kier molecular flexibility index (Phi) is 5.98. The summed E-state index contributed by atoms with van der Waals surface area (Å²) in [5.41, 5.74) is 0.0207. The van der Waals surface area contributed by atoms with E-state index >= 15 is 0 Å². The number of anilines is 1. The topological polar surface area (TPSA) is 46.2 Å². The minimum Gasteiger partial charge on any atom is -0.278 e. The minimum absolute atomic E-state index is 0.0102. The van der Waals surface area contributed by atoms with Gasteiger partial charge in [-0.1, -0.05) is 36.5 Å². The zero-order valence-corrected chi connectivity index (χ0v) is 15.1. The maximum atomic E-state index is 12.9. The Bertz CT molecular complexity index is 937. The van der Waals surface area contributed by atoms with Crippen LogP contribution < -0.4 is 4.72 Å². The highest BCUT2D eigenvalue weighted by Crippen LogP contribution is 2.32. The fraction of sp³-hybridized carbons (Fsp3) is 0.263. The van der Waals surface area contributed by atoms with Crippen LogP contribution in [0.4, 0.5) is 18.9 Å². The van der Waals surface area contributed by atoms with Crippen LogP contribution in [-0.2, 0) is 16.2 Å². The highest BCUT2D eigenvalue weighted by Gasteiger charge is 2.31. The molecule has 0 saturated heterocycles. The van der Waals surface area contributed by atoms with Gasteiger partial charge in [0.2, 0.25) is 0 Å². The third-order valence-corrected chi connectivity index (χ3v) is 4.90. The Morgan fingerprint density at radius 2 is 1.73 bits per heavy atom. The number of alkyl halides is 3. The number of hydrogen-bond donors (Lipinski definition) is 1. The van der Waals surface area contributed by atoms with Crippen LogP contribution in [-0.4, -0.2) is 8.42 Å². The number of nitrogens with one attached hydrogen (secondary N) is 1. The third-order valence-electron chi connectivity index (χ3n) is 3.52. The van der Waals surface area contributed by atoms with Gasteiger partial charge in [0, 0.05) is 12.0 Å². The van der Waals surface area contributed by atoms with Gasteiger partial charge in [0.05, 0.1) is 16.1 Å². The van der Waals surface area contributed by atoms with Crippen molar-refractivity contribution in [1.82, 2.24) is 0 Å². The van der Waals surface area contributed by atoms with E-state index in [4.69, 9.17) is 0 Å². The van der Waals surface area contributed by atoms with Gasteiger partial charge in [0.25, 0.3) is 10.0 Å². The second-order valence-electron chi connectivity index (χ2n) is 5.73. The Morgan fingerprint density at radius 1 is 1.08 bits per heavy atom. The summed E-state index contributed by atoms with van der Waals surface area (Å²) in [5, 5.41) is 0. The second kappa shape index (κ2) is 7.83. The van der Waals surface area contributed by atoms with E-state index in [1.807, 2.05) is 13.8 Å². The molecule has 0 aliphatic carbocycles. The highest BCUT2D eigenvalue weighted by molar-refractivity contribution is 7.92. The van der Waals surface area contributed by atoms with Gasteiger partial charge in [-0.3, -0.25) is 4.72 Å². The lowest BCUT2D eigenvalue weighted by Gasteiger charge is -2.13. The second-order valence-corrected chi connectivity index (χ2v) is 7.41. The van der Waals surface area contributed by atoms with E-state index in [0.717, 1.165) is 30.2 Å². The van der Waals surface area contributed by atoms with Gasteiger partial charge in [0.1, 0.15) is 0 Å². The molecule has 0 aliphatic rings. The normalized spacial score (nSPS) is 11.6. The van der Waals surface area contributed by atoms with E-state index < -0.39 is 21.8 Å². The fourth-order valence-corrected chi connectivity index (χ4v) is 3.20. The number of halogens is 3. The summed E-state index contributed by atoms with van der Waals surface area (Å²) in [5.74, 6) is 5.38. The zero-order valence-electron chi connectivity index (χ0n) is 14.3. The van der Waals surface area contributed by atoms with Crippen LogP contribution in [0.25, 0.3) is 0 Å². The summed E-state index contributed by atoms with van der Waals surface area (Å²) in [6, 6.07) is 8.93. The van der Waals surface area contributed by atoms with Crippen molar-refractivity contribution in [3.63, 3.8) is 0 Å². The molecule has 26 heavy (non-hydrogen) atoms. The van der Waals surface area contributed by atoms with Crippen LogP contribution in [0.2, 0.25) is 0 Å². The molecule has 0 radical (unpaired) electrons. The van der Waals surface area contributed by atoms with Gasteiger partial charge in [-0.15, -0.1) is 0 Å². The molecule has 0 unspecified atom stereocenters. The van der Waals surface area contributed by atoms with Crippen LogP contribution in [0.15, 0.2) is 47.4 Å². The molecule has 0 atom stereocenters. The van der Waals surface area contributed by atoms with Crippen molar-refractivity contribution in [2.75, 3.05) is 4.72 Å². The third kappa shape index (κ3) is 5.02. The standard InChI is InChI=1S/C19H18F3NO2S/c1-3-4-5-6-15-13-16(19(20,21)22)9-12-18(15)23-26(24,25)17-10-7-14(2)8-11-17/h7-13,23H,3-4H2,1-2H3. The summed E-state index contributed by atoms with van der Waals surface area (Å²) in [7, 11) is -3.93. The number of sulfonamides is 1. The summed E-state index contributed by atoms with van der Waals surface area (Å²) >= 11 is 0. The van der Waals surface area contributed by atoms with Gasteiger partial charge in [-0.25, -0.2) is 8.42 Å². The lowest BCUT2D eigenvalue weighted by molar-refractivity contribution is -0.137. The SMILES string of the molecule is CCCC#Cc1cc(C(F)(F)F)ccc1NS(=O)(=O)c1ccc(C)cc1. The van der Waals surface area contributed by atoms with Gasteiger partial charge in [-0.05, 0) is 43.7 Å². The average molecular weight is 381 g/mol. The van der Waals surface area contributed by atoms with Crippen molar-refractivity contribution in [3.05, 3.63) is 59.2 Å². The molecule has 0 aromatic heterocycles. The molecule has 0 amide bonds. The summed E-state index contributed by atoms with van der Waals surface area (Å²) in [6.07, 6.45) is -3.29. The molecule has 3 nitrogen and oxygen atoms in total. The predicted octanol–water partition coefficient (Wildman–Crippen LogP) is 4.97. The van der Waals surface area contributed by atoms with E-state index in [1.165, 1.54) is 12.1 Å². The smallest absolute Gasteiger partial charge is 0.278 e. The van der Waals surface area contributed by atoms with E-state index in [1.54, 1.807) is 12.1 Å². The predicted molar refractivity (Wildman–Crippen MR) is 95.2 cm³/mol. The number of unbranched alkanes of at least 4 members (excludes halogenated alkanes) is 1. The average Bonchev–Trinajstić information content (AvgIpc) is 2.55. The molecule has 0 aliphatic heterocycles. The molecule has 1 N–H and O–H groups in total. The molecule has 138 valence electrons. The molecule has 7 heteroatoms. The maximum Gasteiger partial charge on any atom is 0.416 e. The Hall–Kier alpha value is -2.46. The molecular weight excluding hydrogens is 363 g/mol. The first-order valence-corrected chi connectivity index (χ1v) is 9.41. The number of hydrogen-bond acceptors (Lipinski definition) is 2. The van der Waals surface area contributed by atoms with Crippen molar-refractivity contribution in [3.8, 4) is 11.8 Å². The first-order chi connectivity index (χ1) is 12.1. The summed E-state index contributed by atoms with van der Waals surface area (Å²) in [4.78, 5) is 0.0236. The van der Waals surface area contributed by atoms with E-state index in [2.05, 4.69) is 16.6 Å². The van der Waals surface area contributed by atoms with Crippen LogP contribution in [0.3, 0.4) is 0 Å². The monoisotopic (exact) mass is 381 g/mol. The van der Waals surface area contributed by atoms with Crippen LogP contribution in [0.1, 0.15) is 36.5 Å². The first kappa shape index (κ1) is 19.9. The van der Waals surface area contributed by atoms with E-state index in [-0.39, 0.29) is 16.1 Å². The number of benzene rings is 2. The summed E-state index contributed by atoms with van der Waals surface area (Å²) < 4.78 is 66.1. The van der Waals surface area contributed by atoms with Crippen molar-refractivity contribution in [2.45, 2.75) is 37.8 Å². The molecule has 2 aromatic rings. The van der Waals surface area contributed by atoms with Crippen LogP contribution >= 0.6 is 0 Å². The largest absolute Gasteiger partial charge is 0.416 e. The Labute approximate surface area is 151 Å². The maximum absolute atomic E-state index is 12.9. The van der Waals surface area contributed by atoms with Crippen LogP contribution in [0.5, 0.6) is 0 Å². The van der Waals surface area contributed by atoms with Crippen molar-refractivity contribution in [1.29, 1.82) is 0 Å². The van der Waals surface area contributed by atoms with E-state index in [9.17, 15) is 21.6 Å². The van der Waals surface area contributed by atoms with Gasteiger partial charge in [0.15, 0.2) is 0 Å². The fourth-order valence-electron chi connectivity index (χ4n) is 2.12. The van der Waals surface area contributed by atoms with Gasteiger partial charge in [-0.2, -0.15) is 13.2 Å². The molecule has 0 spiro atoms. The molecule has 2 aromatic carbocycles. The lowest BCUT2D eigenvalue weighted by atomic mass is 10.1. The number of aryl methyl sites for hydroxylation is 1. The quantitative estimate of drug-likeness (QED) is 0.761. The zero-order chi connectivity index (χ0) is 19.4. The van der Waals surface area contributed by atoms with Gasteiger partial charge >= 0.3 is 6.18 Å². The molecule has 0 saturated carbocycles. The Balaban J connectivity index is 2.44. The molecular formula is C19H18F3NO2S. The lowest BCUT2D eigenvalue weighted by Crippen LogP contribution is -2.14. The number of rotatable bonds is 4. The molecule has 0 fully saturated rings. The van der Waals surface area contributed by atoms with Gasteiger partial charge < -0.3 is 0 Å². The van der Waals surface area contributed by atoms with E-state index in [0.29, 0.717) is 6.42 Å². The molecule has 0 heterocycles. The van der Waals surface area contributed by atoms with Crippen molar-refractivity contribution in [2.24, 2.45) is 0 Å². The summed E-state index contributed by atoms with van der Waals surface area (Å²) in [6.45, 7) is 3.71. The Morgan fingerprint density at radius 3 is 2.31 bits per heavy atom. The van der Waals surface area contributed by atoms with Crippen molar-refractivity contribution >= 4 is 15.7 Å². The first-order valence-electron chi connectivity index (χ1n) is 7.93. The minimum atomic E-state index is -4.53.